The van der Waals surface area contributed by atoms with Crippen molar-refractivity contribution in [2.45, 2.75) is 18.9 Å². The molecule has 0 aromatic heterocycles. The standard InChI is InChI=1S/C15H21NO3.ClH/c1-17-13-9-11(8-12-6-4-5-7-16-12)10-14(18-2)15(13)19-3;/h4-5,9-10,12,16H,6-8H2,1-3H3;1H. The normalized spacial score (nSPS) is 17.2. The minimum atomic E-state index is 0. The Morgan fingerprint density at radius 1 is 1.05 bits per heavy atom. The van der Waals surface area contributed by atoms with Gasteiger partial charge in [0.25, 0.3) is 0 Å². The summed E-state index contributed by atoms with van der Waals surface area (Å²) >= 11 is 0. The van der Waals surface area contributed by atoms with Gasteiger partial charge in [-0.25, -0.2) is 0 Å². The molecule has 0 fully saturated rings. The van der Waals surface area contributed by atoms with E-state index in [1.165, 1.54) is 5.56 Å². The first-order valence-electron chi connectivity index (χ1n) is 6.45. The van der Waals surface area contributed by atoms with Crippen molar-refractivity contribution in [3.8, 4) is 17.2 Å². The summed E-state index contributed by atoms with van der Waals surface area (Å²) in [4.78, 5) is 0. The third-order valence-electron chi connectivity index (χ3n) is 3.32. The molecule has 1 aliphatic heterocycles. The van der Waals surface area contributed by atoms with Crippen molar-refractivity contribution in [2.24, 2.45) is 0 Å². The summed E-state index contributed by atoms with van der Waals surface area (Å²) in [6.45, 7) is 0.940. The van der Waals surface area contributed by atoms with E-state index in [1.54, 1.807) is 21.3 Å². The highest BCUT2D eigenvalue weighted by Gasteiger charge is 2.16. The second kappa shape index (κ2) is 8.02. The molecule has 1 N–H and O–H groups in total. The summed E-state index contributed by atoms with van der Waals surface area (Å²) in [5, 5.41) is 3.47. The Labute approximate surface area is 126 Å². The van der Waals surface area contributed by atoms with Gasteiger partial charge in [0.05, 0.1) is 21.3 Å². The van der Waals surface area contributed by atoms with Crippen molar-refractivity contribution < 1.29 is 14.2 Å². The van der Waals surface area contributed by atoms with Crippen molar-refractivity contribution in [1.29, 1.82) is 0 Å². The Kier molecular flexibility index (Phi) is 6.68. The minimum absolute atomic E-state index is 0. The van der Waals surface area contributed by atoms with Crippen molar-refractivity contribution in [3.05, 3.63) is 29.8 Å². The van der Waals surface area contributed by atoms with E-state index in [4.69, 9.17) is 14.2 Å². The van der Waals surface area contributed by atoms with E-state index < -0.39 is 0 Å². The third kappa shape index (κ3) is 3.81. The molecule has 5 heteroatoms. The Balaban J connectivity index is 0.00000200. The average Bonchev–Trinajstić information content (AvgIpc) is 2.47. The number of ether oxygens (including phenoxy) is 3. The van der Waals surface area contributed by atoms with Crippen LogP contribution in [-0.2, 0) is 6.42 Å². The zero-order chi connectivity index (χ0) is 13.7. The van der Waals surface area contributed by atoms with Gasteiger partial charge in [0, 0.05) is 12.6 Å². The van der Waals surface area contributed by atoms with Gasteiger partial charge in [-0.2, -0.15) is 0 Å². The summed E-state index contributed by atoms with van der Waals surface area (Å²) in [6.07, 6.45) is 6.38. The summed E-state index contributed by atoms with van der Waals surface area (Å²) in [6, 6.07) is 4.50. The SMILES string of the molecule is COc1cc(CC2CC=CCN2)cc(OC)c1OC.Cl. The first kappa shape index (κ1) is 16.7. The molecule has 0 saturated carbocycles. The number of hydrogen-bond acceptors (Lipinski definition) is 4. The fourth-order valence-corrected chi connectivity index (χ4v) is 2.36. The lowest BCUT2D eigenvalue weighted by molar-refractivity contribution is 0.323. The topological polar surface area (TPSA) is 39.7 Å². The van der Waals surface area contributed by atoms with Gasteiger partial charge in [0.1, 0.15) is 0 Å². The lowest BCUT2D eigenvalue weighted by Gasteiger charge is -2.21. The lowest BCUT2D eigenvalue weighted by Crippen LogP contribution is -2.33. The number of nitrogens with one attached hydrogen (secondary N) is 1. The van der Waals surface area contributed by atoms with Crippen LogP contribution in [0.1, 0.15) is 12.0 Å². The molecule has 0 spiro atoms. The van der Waals surface area contributed by atoms with Gasteiger partial charge in [0.15, 0.2) is 11.5 Å². The van der Waals surface area contributed by atoms with Crippen molar-refractivity contribution in [2.75, 3.05) is 27.9 Å². The molecule has 1 heterocycles. The van der Waals surface area contributed by atoms with Gasteiger partial charge in [-0.1, -0.05) is 12.2 Å². The van der Waals surface area contributed by atoms with Crippen LogP contribution < -0.4 is 19.5 Å². The van der Waals surface area contributed by atoms with Crippen LogP contribution in [0.4, 0.5) is 0 Å². The van der Waals surface area contributed by atoms with Gasteiger partial charge >= 0.3 is 0 Å². The number of hydrogen-bond donors (Lipinski definition) is 1. The van der Waals surface area contributed by atoms with E-state index in [-0.39, 0.29) is 12.4 Å². The summed E-state index contributed by atoms with van der Waals surface area (Å²) in [5.74, 6) is 2.07. The molecular formula is C15H22ClNO3. The first-order valence-corrected chi connectivity index (χ1v) is 6.45. The predicted octanol–water partition coefficient (Wildman–Crippen LogP) is 2.59. The van der Waals surface area contributed by atoms with Gasteiger partial charge in [0.2, 0.25) is 5.75 Å². The van der Waals surface area contributed by atoms with E-state index in [1.807, 2.05) is 12.1 Å². The summed E-state index contributed by atoms with van der Waals surface area (Å²) in [5.41, 5.74) is 1.18. The molecule has 1 unspecified atom stereocenters. The Hall–Kier alpha value is -1.39. The van der Waals surface area contributed by atoms with E-state index in [0.717, 1.165) is 19.4 Å². The van der Waals surface area contributed by atoms with Gasteiger partial charge in [-0.15, -0.1) is 12.4 Å². The molecule has 1 aliphatic rings. The van der Waals surface area contributed by atoms with Gasteiger partial charge in [-0.05, 0) is 30.5 Å². The highest BCUT2D eigenvalue weighted by Crippen LogP contribution is 2.38. The fraction of sp³-hybridized carbons (Fsp3) is 0.467. The summed E-state index contributed by atoms with van der Waals surface area (Å²) < 4.78 is 16.1. The zero-order valence-corrected chi connectivity index (χ0v) is 13.0. The first-order chi connectivity index (χ1) is 9.28. The van der Waals surface area contributed by atoms with Crippen LogP contribution in [0.2, 0.25) is 0 Å². The molecule has 0 radical (unpaired) electrons. The quantitative estimate of drug-likeness (QED) is 0.849. The summed E-state index contributed by atoms with van der Waals surface area (Å²) in [7, 11) is 4.90. The van der Waals surface area contributed by atoms with Gasteiger partial charge in [-0.3, -0.25) is 0 Å². The van der Waals surface area contributed by atoms with Crippen LogP contribution in [0.25, 0.3) is 0 Å². The molecule has 2 rings (SSSR count). The minimum Gasteiger partial charge on any atom is -0.493 e. The monoisotopic (exact) mass is 299 g/mol. The third-order valence-corrected chi connectivity index (χ3v) is 3.32. The van der Waals surface area contributed by atoms with E-state index >= 15 is 0 Å². The molecule has 0 amide bonds. The van der Waals surface area contributed by atoms with Crippen LogP contribution in [0, 0.1) is 0 Å². The molecule has 1 aromatic carbocycles. The van der Waals surface area contributed by atoms with Crippen molar-refractivity contribution in [3.63, 3.8) is 0 Å². The number of rotatable bonds is 5. The molecule has 0 bridgehead atoms. The van der Waals surface area contributed by atoms with Crippen LogP contribution in [0.3, 0.4) is 0 Å². The molecule has 0 saturated heterocycles. The Morgan fingerprint density at radius 3 is 2.15 bits per heavy atom. The number of halogens is 1. The van der Waals surface area contributed by atoms with Crippen molar-refractivity contribution >= 4 is 12.4 Å². The zero-order valence-electron chi connectivity index (χ0n) is 12.1. The predicted molar refractivity (Wildman–Crippen MR) is 82.6 cm³/mol. The fourth-order valence-electron chi connectivity index (χ4n) is 2.36. The Morgan fingerprint density at radius 2 is 1.70 bits per heavy atom. The number of methoxy groups -OCH3 is 3. The van der Waals surface area contributed by atoms with Crippen LogP contribution in [0.5, 0.6) is 17.2 Å². The van der Waals surface area contributed by atoms with Gasteiger partial charge < -0.3 is 19.5 Å². The molecule has 112 valence electrons. The van der Waals surface area contributed by atoms with Crippen LogP contribution in [0.15, 0.2) is 24.3 Å². The maximum atomic E-state index is 5.37. The molecule has 4 nitrogen and oxygen atoms in total. The molecule has 0 aliphatic carbocycles. The molecule has 20 heavy (non-hydrogen) atoms. The van der Waals surface area contributed by atoms with E-state index in [9.17, 15) is 0 Å². The average molecular weight is 300 g/mol. The molecule has 1 atom stereocenters. The smallest absolute Gasteiger partial charge is 0.203 e. The van der Waals surface area contributed by atoms with Crippen LogP contribution in [-0.4, -0.2) is 33.9 Å². The number of benzene rings is 1. The molecule has 1 aromatic rings. The molecular weight excluding hydrogens is 278 g/mol. The maximum Gasteiger partial charge on any atom is 0.203 e. The second-order valence-corrected chi connectivity index (χ2v) is 4.55. The van der Waals surface area contributed by atoms with E-state index in [0.29, 0.717) is 23.3 Å². The van der Waals surface area contributed by atoms with Crippen LogP contribution >= 0.6 is 12.4 Å². The lowest BCUT2D eigenvalue weighted by atomic mass is 10.0. The van der Waals surface area contributed by atoms with Crippen molar-refractivity contribution in [1.82, 2.24) is 5.32 Å². The van der Waals surface area contributed by atoms with E-state index in [2.05, 4.69) is 17.5 Å². The Bertz CT molecular complexity index is 437. The highest BCUT2D eigenvalue weighted by atomic mass is 35.5. The highest BCUT2D eigenvalue weighted by molar-refractivity contribution is 5.85. The second-order valence-electron chi connectivity index (χ2n) is 4.55. The maximum absolute atomic E-state index is 5.37. The largest absolute Gasteiger partial charge is 0.493 e.